The number of amides is 2. The number of nitrogens with one attached hydrogen (secondary N) is 1. The third-order valence-electron chi connectivity index (χ3n) is 5.52. The Morgan fingerprint density at radius 2 is 1.66 bits per heavy atom. The highest BCUT2D eigenvalue weighted by Gasteiger charge is 2.31. The molecule has 0 aromatic heterocycles. The molecule has 11 heteroatoms. The van der Waals surface area contributed by atoms with E-state index >= 15 is 0 Å². The van der Waals surface area contributed by atoms with Crippen LogP contribution in [0.15, 0.2) is 42.5 Å². The molecule has 2 rings (SSSR count). The second-order valence-corrected chi connectivity index (χ2v) is 11.0. The molecular formula is C24H31Cl2N3O5S. The Kier molecular flexibility index (Phi) is 10.2. The van der Waals surface area contributed by atoms with Gasteiger partial charge in [0.25, 0.3) is 0 Å². The predicted octanol–water partition coefficient (Wildman–Crippen LogP) is 4.10. The first-order valence-corrected chi connectivity index (χ1v) is 13.6. The lowest BCUT2D eigenvalue weighted by atomic mass is 10.1. The van der Waals surface area contributed by atoms with E-state index in [0.717, 1.165) is 22.5 Å². The highest BCUT2D eigenvalue weighted by atomic mass is 35.5. The summed E-state index contributed by atoms with van der Waals surface area (Å²) in [6.07, 6.45) is 1.71. The number of anilines is 1. The number of benzene rings is 2. The molecule has 2 atom stereocenters. The van der Waals surface area contributed by atoms with Crippen molar-refractivity contribution in [2.24, 2.45) is 0 Å². The maximum absolute atomic E-state index is 13.6. The van der Waals surface area contributed by atoms with Crippen LogP contribution in [0.2, 0.25) is 10.0 Å². The van der Waals surface area contributed by atoms with Crippen LogP contribution in [0.1, 0.15) is 32.8 Å². The van der Waals surface area contributed by atoms with Crippen LogP contribution in [-0.2, 0) is 26.2 Å². The van der Waals surface area contributed by atoms with E-state index < -0.39 is 28.5 Å². The largest absolute Gasteiger partial charge is 0.495 e. The van der Waals surface area contributed by atoms with Gasteiger partial charge in [-0.15, -0.1) is 0 Å². The van der Waals surface area contributed by atoms with Crippen molar-refractivity contribution in [2.75, 3.05) is 24.2 Å². The Morgan fingerprint density at radius 1 is 1.06 bits per heavy atom. The van der Waals surface area contributed by atoms with E-state index in [9.17, 15) is 18.0 Å². The van der Waals surface area contributed by atoms with Crippen molar-refractivity contribution in [3.05, 3.63) is 58.1 Å². The molecule has 2 amide bonds. The first kappa shape index (κ1) is 28.7. The zero-order valence-corrected chi connectivity index (χ0v) is 22.7. The zero-order valence-electron chi connectivity index (χ0n) is 20.4. The number of rotatable bonds is 11. The van der Waals surface area contributed by atoms with E-state index in [4.69, 9.17) is 27.9 Å². The zero-order chi connectivity index (χ0) is 26.3. The lowest BCUT2D eigenvalue weighted by Gasteiger charge is -2.32. The van der Waals surface area contributed by atoms with E-state index in [2.05, 4.69) is 5.32 Å². The summed E-state index contributed by atoms with van der Waals surface area (Å²) >= 11 is 12.1. The molecule has 2 aromatic rings. The molecule has 8 nitrogen and oxygen atoms in total. The number of carbonyl (C=O) groups excluding carboxylic acids is 2. The van der Waals surface area contributed by atoms with E-state index in [1.54, 1.807) is 37.3 Å². The summed E-state index contributed by atoms with van der Waals surface area (Å²) in [6.45, 7) is 4.94. The number of halogens is 2. The van der Waals surface area contributed by atoms with Gasteiger partial charge in [-0.3, -0.25) is 13.9 Å². The van der Waals surface area contributed by atoms with Gasteiger partial charge in [-0.1, -0.05) is 42.3 Å². The molecule has 0 radical (unpaired) electrons. The fourth-order valence-corrected chi connectivity index (χ4v) is 4.42. The fraction of sp³-hybridized carbons (Fsp3) is 0.417. The molecule has 0 aliphatic rings. The van der Waals surface area contributed by atoms with E-state index in [-0.39, 0.29) is 35.0 Å². The Balaban J connectivity index is 2.45. The first-order valence-electron chi connectivity index (χ1n) is 11.0. The monoisotopic (exact) mass is 543 g/mol. The molecule has 0 saturated heterocycles. The summed E-state index contributed by atoms with van der Waals surface area (Å²) in [7, 11) is -2.52. The molecule has 192 valence electrons. The second kappa shape index (κ2) is 12.5. The van der Waals surface area contributed by atoms with Crippen molar-refractivity contribution in [2.45, 2.75) is 45.8 Å². The molecule has 0 saturated carbocycles. The number of hydrogen-bond donors (Lipinski definition) is 1. The Bertz CT molecular complexity index is 1140. The highest BCUT2D eigenvalue weighted by Crippen LogP contribution is 2.33. The summed E-state index contributed by atoms with van der Waals surface area (Å²) in [5, 5.41) is 3.69. The minimum Gasteiger partial charge on any atom is -0.495 e. The second-order valence-electron chi connectivity index (χ2n) is 8.23. The first-order chi connectivity index (χ1) is 16.4. The van der Waals surface area contributed by atoms with Crippen molar-refractivity contribution in [1.29, 1.82) is 0 Å². The van der Waals surface area contributed by atoms with Gasteiger partial charge in [-0.2, -0.15) is 0 Å². The standard InChI is InChI=1S/C24H31Cl2N3O5S/c1-6-16(2)27-24(31)17(3)28(14-18-7-9-19(25)10-8-18)23(30)15-29(35(5,32)33)21-13-20(26)11-12-22(21)34-4/h7-13,16-17H,6,14-15H2,1-5H3,(H,27,31)/t16-,17+/m1/s1. The van der Waals surface area contributed by atoms with Crippen LogP contribution in [0.4, 0.5) is 5.69 Å². The predicted molar refractivity (Wildman–Crippen MR) is 140 cm³/mol. The fourth-order valence-electron chi connectivity index (χ4n) is 3.29. The minimum absolute atomic E-state index is 0.0787. The average molecular weight is 545 g/mol. The molecule has 0 aliphatic carbocycles. The Morgan fingerprint density at radius 3 is 2.20 bits per heavy atom. The summed E-state index contributed by atoms with van der Waals surface area (Å²) in [4.78, 5) is 27.8. The molecule has 0 fully saturated rings. The number of methoxy groups -OCH3 is 1. The SMILES string of the molecule is CC[C@@H](C)NC(=O)[C@H](C)N(Cc1ccc(Cl)cc1)C(=O)CN(c1cc(Cl)ccc1OC)S(C)(=O)=O. The molecular weight excluding hydrogens is 513 g/mol. The molecule has 0 heterocycles. The summed E-state index contributed by atoms with van der Waals surface area (Å²) < 4.78 is 31.7. The number of nitrogens with zero attached hydrogens (tertiary/aromatic N) is 2. The third kappa shape index (κ3) is 8.02. The molecule has 2 aromatic carbocycles. The van der Waals surface area contributed by atoms with Crippen LogP contribution < -0.4 is 14.4 Å². The van der Waals surface area contributed by atoms with Crippen molar-refractivity contribution >= 4 is 50.7 Å². The van der Waals surface area contributed by atoms with Crippen LogP contribution in [0, 0.1) is 0 Å². The van der Waals surface area contributed by atoms with Gasteiger partial charge in [0.05, 0.1) is 19.1 Å². The lowest BCUT2D eigenvalue weighted by Crippen LogP contribution is -2.52. The van der Waals surface area contributed by atoms with Gasteiger partial charge in [0.2, 0.25) is 21.8 Å². The van der Waals surface area contributed by atoms with Crippen molar-refractivity contribution < 1.29 is 22.7 Å². The minimum atomic E-state index is -3.91. The van der Waals surface area contributed by atoms with Gasteiger partial charge in [0.15, 0.2) is 0 Å². The van der Waals surface area contributed by atoms with E-state index in [1.165, 1.54) is 24.1 Å². The van der Waals surface area contributed by atoms with E-state index in [0.29, 0.717) is 5.02 Å². The average Bonchev–Trinajstić information content (AvgIpc) is 2.80. The van der Waals surface area contributed by atoms with E-state index in [1.807, 2.05) is 13.8 Å². The Labute approximate surface area is 217 Å². The van der Waals surface area contributed by atoms with Gasteiger partial charge in [-0.25, -0.2) is 8.42 Å². The summed E-state index contributed by atoms with van der Waals surface area (Å²) in [5.41, 5.74) is 0.858. The number of sulfonamides is 1. The number of ether oxygens (including phenoxy) is 1. The summed E-state index contributed by atoms with van der Waals surface area (Å²) in [6, 6.07) is 10.4. The van der Waals surface area contributed by atoms with Crippen molar-refractivity contribution in [3.8, 4) is 5.75 Å². The maximum atomic E-state index is 13.6. The molecule has 0 aliphatic heterocycles. The van der Waals surface area contributed by atoms with Gasteiger partial charge >= 0.3 is 0 Å². The van der Waals surface area contributed by atoms with Crippen LogP contribution in [0.5, 0.6) is 5.75 Å². The molecule has 0 bridgehead atoms. The van der Waals surface area contributed by atoms with Crippen molar-refractivity contribution in [1.82, 2.24) is 10.2 Å². The third-order valence-corrected chi connectivity index (χ3v) is 7.14. The number of carbonyl (C=O) groups is 2. The maximum Gasteiger partial charge on any atom is 0.244 e. The quantitative estimate of drug-likeness (QED) is 0.460. The highest BCUT2D eigenvalue weighted by molar-refractivity contribution is 7.92. The smallest absolute Gasteiger partial charge is 0.244 e. The van der Waals surface area contributed by atoms with Crippen LogP contribution >= 0.6 is 23.2 Å². The van der Waals surface area contributed by atoms with Crippen LogP contribution in [0.25, 0.3) is 0 Å². The molecule has 35 heavy (non-hydrogen) atoms. The van der Waals surface area contributed by atoms with Gasteiger partial charge in [0, 0.05) is 22.6 Å². The molecule has 0 spiro atoms. The van der Waals surface area contributed by atoms with Crippen LogP contribution in [-0.4, -0.2) is 57.1 Å². The Hall–Kier alpha value is -2.49. The topological polar surface area (TPSA) is 96.0 Å². The normalized spacial score (nSPS) is 13.0. The molecule has 0 unspecified atom stereocenters. The van der Waals surface area contributed by atoms with Gasteiger partial charge < -0.3 is 15.0 Å². The van der Waals surface area contributed by atoms with Crippen LogP contribution in [0.3, 0.4) is 0 Å². The molecule has 1 N–H and O–H groups in total. The van der Waals surface area contributed by atoms with Gasteiger partial charge in [0.1, 0.15) is 18.3 Å². The summed E-state index contributed by atoms with van der Waals surface area (Å²) in [5.74, 6) is -0.674. The van der Waals surface area contributed by atoms with Gasteiger partial charge in [-0.05, 0) is 56.2 Å². The van der Waals surface area contributed by atoms with Crippen molar-refractivity contribution in [3.63, 3.8) is 0 Å². The lowest BCUT2D eigenvalue weighted by molar-refractivity contribution is -0.139. The number of hydrogen-bond acceptors (Lipinski definition) is 5.